The summed E-state index contributed by atoms with van der Waals surface area (Å²) < 4.78 is 17.2. The maximum atomic E-state index is 5.73. The van der Waals surface area contributed by atoms with Gasteiger partial charge in [0.15, 0.2) is 0 Å². The van der Waals surface area contributed by atoms with Crippen LogP contribution >= 0.6 is 40.7 Å². The van der Waals surface area contributed by atoms with Crippen molar-refractivity contribution in [3.63, 3.8) is 0 Å². The van der Waals surface area contributed by atoms with E-state index in [2.05, 4.69) is 12.7 Å². The summed E-state index contributed by atoms with van der Waals surface area (Å²) in [6, 6.07) is 0. The Morgan fingerprint density at radius 3 is 1.68 bits per heavy atom. The van der Waals surface area contributed by atoms with E-state index in [9.17, 15) is 0 Å². The van der Waals surface area contributed by atoms with Crippen molar-refractivity contribution in [2.45, 2.75) is 34.1 Å². The normalized spacial score (nSPS) is 11.1. The molecule has 118 valence electrons. The van der Waals surface area contributed by atoms with Gasteiger partial charge < -0.3 is 19.0 Å². The molecule has 0 rings (SSSR count). The standard InChI is InChI=1S/C9H22O3S4Si.CH5N/c1-5-9-13-14-15-16-17(10-6-2,11-7-3)12-8-4;1-2/h5-9H2,1-4H3;2H2,1H3. The van der Waals surface area contributed by atoms with Crippen LogP contribution in [0.2, 0.25) is 0 Å². The zero-order valence-corrected chi connectivity index (χ0v) is 16.7. The summed E-state index contributed by atoms with van der Waals surface area (Å²) in [4.78, 5) is 0. The molecule has 0 atom stereocenters. The first kappa shape index (κ1) is 22.7. The van der Waals surface area contributed by atoms with Gasteiger partial charge in [-0.05, 0) is 64.1 Å². The van der Waals surface area contributed by atoms with Gasteiger partial charge in [-0.15, -0.1) is 0 Å². The zero-order chi connectivity index (χ0) is 15.0. The molecule has 0 radical (unpaired) electrons. The molecule has 19 heavy (non-hydrogen) atoms. The highest BCUT2D eigenvalue weighted by atomic mass is 33.7. The van der Waals surface area contributed by atoms with Crippen molar-refractivity contribution in [2.75, 3.05) is 32.6 Å². The first-order valence-corrected chi connectivity index (χ1v) is 13.8. The van der Waals surface area contributed by atoms with Crippen LogP contribution in [0.15, 0.2) is 0 Å². The average Bonchev–Trinajstić information content (AvgIpc) is 2.42. The molecule has 0 heterocycles. The van der Waals surface area contributed by atoms with Crippen molar-refractivity contribution in [1.29, 1.82) is 0 Å². The SMILES string of the molecule is CCCSSSS[Si](OCC)(OCC)OCC.CN. The lowest BCUT2D eigenvalue weighted by Crippen LogP contribution is -2.42. The Labute approximate surface area is 134 Å². The minimum atomic E-state index is -2.51. The van der Waals surface area contributed by atoms with Crippen molar-refractivity contribution >= 4 is 48.6 Å². The van der Waals surface area contributed by atoms with Crippen LogP contribution in [0.1, 0.15) is 34.1 Å². The van der Waals surface area contributed by atoms with Crippen molar-refractivity contribution in [1.82, 2.24) is 0 Å². The largest absolute Gasteiger partial charge is 0.585 e. The van der Waals surface area contributed by atoms with E-state index in [1.54, 1.807) is 29.9 Å². The molecule has 0 aliphatic carbocycles. The molecule has 0 aromatic carbocycles. The molecule has 0 spiro atoms. The third kappa shape index (κ3) is 12.9. The summed E-state index contributed by atoms with van der Waals surface area (Å²) in [6.07, 6.45) is 1.20. The summed E-state index contributed by atoms with van der Waals surface area (Å²) in [5, 5.41) is 0. The number of hydrogen-bond donors (Lipinski definition) is 1. The van der Waals surface area contributed by atoms with E-state index in [4.69, 9.17) is 13.3 Å². The van der Waals surface area contributed by atoms with Crippen LogP contribution in [0.25, 0.3) is 0 Å². The number of rotatable bonds is 12. The fraction of sp³-hybridized carbons (Fsp3) is 1.00. The number of hydrogen-bond acceptors (Lipinski definition) is 8. The van der Waals surface area contributed by atoms with Crippen molar-refractivity contribution < 1.29 is 13.3 Å². The van der Waals surface area contributed by atoms with Crippen LogP contribution in [0.3, 0.4) is 0 Å². The van der Waals surface area contributed by atoms with Gasteiger partial charge in [0.2, 0.25) is 0 Å². The summed E-state index contributed by atoms with van der Waals surface area (Å²) in [6.45, 7) is 10.0. The molecule has 0 aromatic rings. The van der Waals surface area contributed by atoms with Crippen molar-refractivity contribution in [3.8, 4) is 0 Å². The Kier molecular flexibility index (Phi) is 20.9. The second-order valence-corrected chi connectivity index (χ2v) is 13.3. The zero-order valence-electron chi connectivity index (χ0n) is 12.5. The summed E-state index contributed by atoms with van der Waals surface area (Å²) >= 11 is 0. The van der Waals surface area contributed by atoms with Gasteiger partial charge >= 0.3 is 7.95 Å². The van der Waals surface area contributed by atoms with Gasteiger partial charge in [0.05, 0.1) is 0 Å². The molecule has 0 amide bonds. The van der Waals surface area contributed by atoms with Gasteiger partial charge in [-0.3, -0.25) is 0 Å². The third-order valence-corrected chi connectivity index (χ3v) is 14.4. The van der Waals surface area contributed by atoms with Crippen molar-refractivity contribution in [3.05, 3.63) is 0 Å². The molecular formula is C10H27NO3S4Si. The second kappa shape index (κ2) is 17.5. The van der Waals surface area contributed by atoms with Crippen LogP contribution in [0.5, 0.6) is 0 Å². The van der Waals surface area contributed by atoms with Gasteiger partial charge in [-0.2, -0.15) is 0 Å². The summed E-state index contributed by atoms with van der Waals surface area (Å²) in [5.41, 5.74) is 4.50. The van der Waals surface area contributed by atoms with Crippen LogP contribution in [0, 0.1) is 0 Å². The lowest BCUT2D eigenvalue weighted by molar-refractivity contribution is 0.0971. The Balaban J connectivity index is 0. The first-order valence-electron chi connectivity index (χ1n) is 6.38. The van der Waals surface area contributed by atoms with Gasteiger partial charge in [0.1, 0.15) is 0 Å². The molecule has 0 bridgehead atoms. The van der Waals surface area contributed by atoms with Gasteiger partial charge in [-0.1, -0.05) is 17.7 Å². The van der Waals surface area contributed by atoms with Crippen molar-refractivity contribution in [2.24, 2.45) is 5.73 Å². The Bertz CT molecular complexity index is 166. The van der Waals surface area contributed by atoms with E-state index in [1.807, 2.05) is 31.6 Å². The summed E-state index contributed by atoms with van der Waals surface area (Å²) in [7, 11) is 5.95. The lowest BCUT2D eigenvalue weighted by atomic mass is 10.6. The molecule has 0 fully saturated rings. The Morgan fingerprint density at radius 2 is 1.32 bits per heavy atom. The highest BCUT2D eigenvalue weighted by Gasteiger charge is 2.43. The average molecular weight is 366 g/mol. The van der Waals surface area contributed by atoms with Crippen LogP contribution in [-0.4, -0.2) is 40.6 Å². The molecule has 0 saturated carbocycles. The third-order valence-electron chi connectivity index (χ3n) is 1.46. The molecule has 0 saturated heterocycles. The lowest BCUT2D eigenvalue weighted by Gasteiger charge is -2.25. The Hall–Kier alpha value is 1.46. The highest BCUT2D eigenvalue weighted by molar-refractivity contribution is 9.28. The molecule has 0 aliphatic rings. The van der Waals surface area contributed by atoms with Gasteiger partial charge in [0, 0.05) is 25.6 Å². The van der Waals surface area contributed by atoms with E-state index < -0.39 is 7.95 Å². The molecule has 0 unspecified atom stereocenters. The predicted octanol–water partition coefficient (Wildman–Crippen LogP) is 4.19. The minimum Gasteiger partial charge on any atom is -0.365 e. The molecule has 9 heteroatoms. The Morgan fingerprint density at radius 1 is 0.842 bits per heavy atom. The number of nitrogens with two attached hydrogens (primary N) is 1. The van der Waals surface area contributed by atoms with E-state index in [0.29, 0.717) is 19.8 Å². The molecule has 4 nitrogen and oxygen atoms in total. The molecule has 2 N–H and O–H groups in total. The predicted molar refractivity (Wildman–Crippen MR) is 96.3 cm³/mol. The fourth-order valence-corrected chi connectivity index (χ4v) is 15.0. The molecule has 0 aromatic heterocycles. The molecular weight excluding hydrogens is 338 g/mol. The van der Waals surface area contributed by atoms with Crippen LogP contribution in [-0.2, 0) is 13.3 Å². The smallest absolute Gasteiger partial charge is 0.365 e. The van der Waals surface area contributed by atoms with Crippen LogP contribution in [0.4, 0.5) is 0 Å². The second-order valence-electron chi connectivity index (χ2n) is 2.84. The maximum absolute atomic E-state index is 5.73. The topological polar surface area (TPSA) is 53.7 Å². The van der Waals surface area contributed by atoms with Crippen LogP contribution < -0.4 is 5.73 Å². The summed E-state index contributed by atoms with van der Waals surface area (Å²) in [5.74, 6) is 1.17. The fourth-order valence-electron chi connectivity index (χ4n) is 0.920. The van der Waals surface area contributed by atoms with E-state index in [0.717, 1.165) is 0 Å². The highest BCUT2D eigenvalue weighted by Crippen LogP contribution is 2.48. The molecule has 0 aliphatic heterocycles. The minimum absolute atomic E-state index is 0.631. The van der Waals surface area contributed by atoms with Gasteiger partial charge in [0.25, 0.3) is 0 Å². The first-order chi connectivity index (χ1) is 9.24. The van der Waals surface area contributed by atoms with E-state index >= 15 is 0 Å². The maximum Gasteiger partial charge on any atom is 0.585 e. The monoisotopic (exact) mass is 365 g/mol. The van der Waals surface area contributed by atoms with E-state index in [-0.39, 0.29) is 0 Å². The quantitative estimate of drug-likeness (QED) is 0.314. The van der Waals surface area contributed by atoms with E-state index in [1.165, 1.54) is 19.2 Å². The van der Waals surface area contributed by atoms with Gasteiger partial charge in [-0.25, -0.2) is 0 Å².